The van der Waals surface area contributed by atoms with E-state index in [1.165, 1.54) is 16.9 Å². The van der Waals surface area contributed by atoms with Crippen LogP contribution in [0.15, 0.2) is 4.79 Å². The summed E-state index contributed by atoms with van der Waals surface area (Å²) in [6, 6.07) is 0. The first kappa shape index (κ1) is 12.2. The fourth-order valence-corrected chi connectivity index (χ4v) is 4.64. The molecule has 2 aliphatic rings. The van der Waals surface area contributed by atoms with Gasteiger partial charge in [-0.2, -0.15) is 0 Å². The van der Waals surface area contributed by atoms with Gasteiger partial charge in [0.15, 0.2) is 0 Å². The Labute approximate surface area is 124 Å². The maximum atomic E-state index is 12.3. The fraction of sp³-hybridized carbons (Fsp3) is 0.538. The Bertz CT molecular complexity index is 734. The highest BCUT2D eigenvalue weighted by atomic mass is 35.5. The van der Waals surface area contributed by atoms with Crippen molar-refractivity contribution in [3.8, 4) is 0 Å². The Morgan fingerprint density at radius 1 is 1.32 bits per heavy atom. The first-order valence-corrected chi connectivity index (χ1v) is 8.06. The number of aromatic amines is 1. The van der Waals surface area contributed by atoms with Crippen LogP contribution in [0.2, 0.25) is 0 Å². The number of alkyl halides is 2. The quantitative estimate of drug-likeness (QED) is 0.818. The van der Waals surface area contributed by atoms with E-state index in [0.717, 1.165) is 29.5 Å². The topological polar surface area (TPSA) is 45.8 Å². The third-order valence-electron chi connectivity index (χ3n) is 4.00. The number of nitrogens with zero attached hydrogens (tertiary/aromatic N) is 1. The monoisotopic (exact) mass is 314 g/mol. The van der Waals surface area contributed by atoms with Crippen LogP contribution in [-0.2, 0) is 12.8 Å². The van der Waals surface area contributed by atoms with Gasteiger partial charge in [-0.05, 0) is 37.7 Å². The highest BCUT2D eigenvalue weighted by molar-refractivity contribution is 7.18. The molecule has 6 heteroatoms. The molecule has 0 unspecified atom stereocenters. The van der Waals surface area contributed by atoms with Crippen molar-refractivity contribution < 1.29 is 0 Å². The van der Waals surface area contributed by atoms with Crippen molar-refractivity contribution in [1.82, 2.24) is 9.97 Å². The lowest BCUT2D eigenvalue weighted by atomic mass is 9.97. The van der Waals surface area contributed by atoms with Gasteiger partial charge in [-0.15, -0.1) is 34.5 Å². The van der Waals surface area contributed by atoms with Crippen LogP contribution >= 0.6 is 34.5 Å². The molecule has 0 bridgehead atoms. The van der Waals surface area contributed by atoms with Crippen molar-refractivity contribution in [3.05, 3.63) is 26.6 Å². The molecule has 1 N–H and O–H groups in total. The second-order valence-electron chi connectivity index (χ2n) is 5.36. The molecule has 2 heterocycles. The number of aromatic nitrogens is 2. The van der Waals surface area contributed by atoms with Crippen LogP contribution in [0.25, 0.3) is 10.2 Å². The van der Waals surface area contributed by atoms with Crippen molar-refractivity contribution >= 4 is 44.8 Å². The predicted molar refractivity (Wildman–Crippen MR) is 78.7 cm³/mol. The summed E-state index contributed by atoms with van der Waals surface area (Å²) in [6.07, 6.45) is 5.10. The zero-order valence-corrected chi connectivity index (χ0v) is 12.5. The summed E-state index contributed by atoms with van der Waals surface area (Å²) in [5, 5.41) is 0.791. The van der Waals surface area contributed by atoms with Gasteiger partial charge in [0.2, 0.25) is 0 Å². The van der Waals surface area contributed by atoms with Crippen LogP contribution < -0.4 is 5.56 Å². The van der Waals surface area contributed by atoms with Crippen LogP contribution in [0, 0.1) is 0 Å². The first-order valence-electron chi connectivity index (χ1n) is 6.48. The molecule has 2 aromatic rings. The zero-order valence-electron chi connectivity index (χ0n) is 10.1. The second kappa shape index (κ2) is 3.96. The average Bonchev–Trinajstić information content (AvgIpc) is 2.84. The molecule has 100 valence electrons. The van der Waals surface area contributed by atoms with E-state index < -0.39 is 4.33 Å². The van der Waals surface area contributed by atoms with Gasteiger partial charge in [0.1, 0.15) is 15.0 Å². The predicted octanol–water partition coefficient (Wildman–Crippen LogP) is 3.52. The third-order valence-corrected chi connectivity index (χ3v) is 6.02. The first-order chi connectivity index (χ1) is 9.06. The molecule has 1 fully saturated rings. The highest BCUT2D eigenvalue weighted by Crippen LogP contribution is 2.58. The van der Waals surface area contributed by atoms with E-state index in [4.69, 9.17) is 23.2 Å². The molecule has 2 aliphatic carbocycles. The number of hydrogen-bond donors (Lipinski definition) is 1. The molecule has 1 atom stereocenters. The standard InChI is InChI=1S/C13H12Cl2N2OS/c14-13(15)5-7(13)10-16-11(18)9-6-3-1-2-4-8(6)19-12(9)17-10/h7H,1-5H2,(H,16,17,18)/t7-/m0/s1. The van der Waals surface area contributed by atoms with Crippen LogP contribution in [0.4, 0.5) is 0 Å². The van der Waals surface area contributed by atoms with E-state index in [1.807, 2.05) is 0 Å². The molecular formula is C13H12Cl2N2OS. The summed E-state index contributed by atoms with van der Waals surface area (Å²) < 4.78 is -0.750. The minimum Gasteiger partial charge on any atom is -0.310 e. The maximum Gasteiger partial charge on any atom is 0.259 e. The number of H-pyrrole nitrogens is 1. The average molecular weight is 315 g/mol. The van der Waals surface area contributed by atoms with E-state index in [0.29, 0.717) is 12.2 Å². The Balaban J connectivity index is 1.91. The third kappa shape index (κ3) is 1.84. The van der Waals surface area contributed by atoms with Gasteiger partial charge in [-0.3, -0.25) is 4.79 Å². The van der Waals surface area contributed by atoms with E-state index in [2.05, 4.69) is 9.97 Å². The SMILES string of the molecule is O=c1[nH]c([C@@H]2CC2(Cl)Cl)nc2sc3c(c12)CCCC3. The van der Waals surface area contributed by atoms with Crippen molar-refractivity contribution in [3.63, 3.8) is 0 Å². The minimum absolute atomic E-state index is 0.0320. The Kier molecular flexibility index (Phi) is 2.54. The Morgan fingerprint density at radius 2 is 2.05 bits per heavy atom. The summed E-state index contributed by atoms with van der Waals surface area (Å²) in [7, 11) is 0. The molecular weight excluding hydrogens is 303 g/mol. The molecule has 0 aromatic carbocycles. The molecule has 2 aromatic heterocycles. The fourth-order valence-electron chi connectivity index (χ4n) is 2.86. The van der Waals surface area contributed by atoms with E-state index in [1.54, 1.807) is 11.3 Å². The summed E-state index contributed by atoms with van der Waals surface area (Å²) in [5.74, 6) is 0.605. The summed E-state index contributed by atoms with van der Waals surface area (Å²) in [5.41, 5.74) is 1.18. The number of fused-ring (bicyclic) bond motifs is 3. The lowest BCUT2D eigenvalue weighted by molar-refractivity contribution is 0.700. The van der Waals surface area contributed by atoms with E-state index >= 15 is 0 Å². The van der Waals surface area contributed by atoms with Gasteiger partial charge < -0.3 is 4.98 Å². The number of hydrogen-bond acceptors (Lipinski definition) is 3. The summed E-state index contributed by atoms with van der Waals surface area (Å²) in [6.45, 7) is 0. The largest absolute Gasteiger partial charge is 0.310 e. The zero-order chi connectivity index (χ0) is 13.2. The molecule has 19 heavy (non-hydrogen) atoms. The van der Waals surface area contributed by atoms with Gasteiger partial charge in [0.05, 0.1) is 11.3 Å². The Hall–Kier alpha value is -0.580. The number of nitrogens with one attached hydrogen (secondary N) is 1. The molecule has 0 spiro atoms. The number of rotatable bonds is 1. The lowest BCUT2D eigenvalue weighted by Crippen LogP contribution is -2.13. The second-order valence-corrected chi connectivity index (χ2v) is 7.99. The van der Waals surface area contributed by atoms with Crippen molar-refractivity contribution in [2.75, 3.05) is 0 Å². The molecule has 0 aliphatic heterocycles. The number of thiophene rings is 1. The highest BCUT2D eigenvalue weighted by Gasteiger charge is 2.54. The van der Waals surface area contributed by atoms with E-state index in [-0.39, 0.29) is 11.5 Å². The molecule has 4 rings (SSSR count). The molecule has 0 amide bonds. The molecule has 0 radical (unpaired) electrons. The molecule has 0 saturated heterocycles. The van der Waals surface area contributed by atoms with Crippen LogP contribution in [0.5, 0.6) is 0 Å². The van der Waals surface area contributed by atoms with Gasteiger partial charge in [0.25, 0.3) is 5.56 Å². The number of halogens is 2. The van der Waals surface area contributed by atoms with Gasteiger partial charge in [0, 0.05) is 4.88 Å². The summed E-state index contributed by atoms with van der Waals surface area (Å²) >= 11 is 13.8. The Morgan fingerprint density at radius 3 is 2.79 bits per heavy atom. The van der Waals surface area contributed by atoms with Gasteiger partial charge >= 0.3 is 0 Å². The van der Waals surface area contributed by atoms with E-state index in [9.17, 15) is 4.79 Å². The molecule has 1 saturated carbocycles. The van der Waals surface area contributed by atoms with Crippen molar-refractivity contribution in [2.24, 2.45) is 0 Å². The smallest absolute Gasteiger partial charge is 0.259 e. The van der Waals surface area contributed by atoms with Crippen molar-refractivity contribution in [2.45, 2.75) is 42.4 Å². The maximum absolute atomic E-state index is 12.3. The normalized spacial score (nSPS) is 24.4. The van der Waals surface area contributed by atoms with Gasteiger partial charge in [-0.1, -0.05) is 0 Å². The molecule has 3 nitrogen and oxygen atoms in total. The van der Waals surface area contributed by atoms with Crippen LogP contribution in [0.1, 0.15) is 41.4 Å². The lowest BCUT2D eigenvalue weighted by Gasteiger charge is -2.09. The summed E-state index contributed by atoms with van der Waals surface area (Å²) in [4.78, 5) is 21.9. The van der Waals surface area contributed by atoms with Crippen LogP contribution in [0.3, 0.4) is 0 Å². The van der Waals surface area contributed by atoms with Gasteiger partial charge in [-0.25, -0.2) is 4.98 Å². The van der Waals surface area contributed by atoms with Crippen LogP contribution in [-0.4, -0.2) is 14.3 Å². The van der Waals surface area contributed by atoms with Crippen molar-refractivity contribution in [1.29, 1.82) is 0 Å². The minimum atomic E-state index is -0.750. The number of aryl methyl sites for hydroxylation is 2.